The Bertz CT molecular complexity index is 1370. The monoisotopic (exact) mass is 454 g/mol. The van der Waals surface area contributed by atoms with Crippen LogP contribution in [0.25, 0.3) is 10.8 Å². The van der Waals surface area contributed by atoms with E-state index in [2.05, 4.69) is 0 Å². The van der Waals surface area contributed by atoms with E-state index in [9.17, 15) is 9.59 Å². The van der Waals surface area contributed by atoms with Crippen molar-refractivity contribution in [1.29, 1.82) is 0 Å². The lowest BCUT2D eigenvalue weighted by Crippen LogP contribution is -2.37. The van der Waals surface area contributed by atoms with E-state index in [1.807, 2.05) is 72.8 Å². The number of hydrogen-bond donors (Lipinski definition) is 0. The largest absolute Gasteiger partial charge is 0.273 e. The molecule has 4 aromatic carbocycles. The van der Waals surface area contributed by atoms with Crippen LogP contribution in [0.1, 0.15) is 11.6 Å². The number of carbonyl (C=O) groups excluding carboxylic acids is 2. The van der Waals surface area contributed by atoms with Crippen LogP contribution >= 0.6 is 11.6 Å². The maximum absolute atomic E-state index is 13.7. The number of anilines is 2. The Morgan fingerprint density at radius 2 is 1.39 bits per heavy atom. The second kappa shape index (κ2) is 7.73. The molecular formula is C27H19ClN2O3. The molecule has 2 heterocycles. The average Bonchev–Trinajstić information content (AvgIpc) is 3.36. The quantitative estimate of drug-likeness (QED) is 0.381. The number of nitrogens with zero attached hydrogens (tertiary/aromatic N) is 2. The summed E-state index contributed by atoms with van der Waals surface area (Å²) in [4.78, 5) is 34.6. The maximum Gasteiger partial charge on any atom is 0.266 e. The lowest BCUT2D eigenvalue weighted by molar-refractivity contribution is -0.126. The van der Waals surface area contributed by atoms with Gasteiger partial charge in [-0.2, -0.15) is 0 Å². The van der Waals surface area contributed by atoms with Crippen molar-refractivity contribution >= 4 is 45.6 Å². The highest BCUT2D eigenvalue weighted by Gasteiger charge is 2.60. The Hall–Kier alpha value is -3.67. The molecule has 0 N–H and O–H groups in total. The summed E-state index contributed by atoms with van der Waals surface area (Å²) in [5.41, 5.74) is 2.24. The number of benzene rings is 4. The van der Waals surface area contributed by atoms with Gasteiger partial charge in [-0.3, -0.25) is 14.4 Å². The summed E-state index contributed by atoms with van der Waals surface area (Å²) in [7, 11) is 0. The molecule has 3 atom stereocenters. The number of halogens is 1. The number of amides is 2. The van der Waals surface area contributed by atoms with E-state index < -0.39 is 18.1 Å². The predicted octanol–water partition coefficient (Wildman–Crippen LogP) is 5.54. The normalized spacial score (nSPS) is 22.3. The minimum absolute atomic E-state index is 0.274. The molecule has 2 aliphatic rings. The van der Waals surface area contributed by atoms with Gasteiger partial charge in [0.05, 0.1) is 17.4 Å². The minimum atomic E-state index is -0.905. The number of fused-ring (bicyclic) bond motifs is 2. The summed E-state index contributed by atoms with van der Waals surface area (Å²) in [6.45, 7) is 0. The molecular weight excluding hydrogens is 436 g/mol. The molecule has 4 aromatic rings. The van der Waals surface area contributed by atoms with Gasteiger partial charge in [-0.1, -0.05) is 72.3 Å². The Morgan fingerprint density at radius 3 is 2.18 bits per heavy atom. The van der Waals surface area contributed by atoms with Crippen molar-refractivity contribution in [2.75, 3.05) is 9.96 Å². The smallest absolute Gasteiger partial charge is 0.266 e. The second-order valence-corrected chi connectivity index (χ2v) is 8.65. The van der Waals surface area contributed by atoms with Gasteiger partial charge in [0.2, 0.25) is 5.91 Å². The fourth-order valence-corrected chi connectivity index (χ4v) is 5.01. The van der Waals surface area contributed by atoms with Crippen LogP contribution in [-0.2, 0) is 14.4 Å². The van der Waals surface area contributed by atoms with Crippen LogP contribution in [-0.4, -0.2) is 17.9 Å². The third kappa shape index (κ3) is 3.12. The van der Waals surface area contributed by atoms with Crippen molar-refractivity contribution in [3.63, 3.8) is 0 Å². The first-order chi connectivity index (χ1) is 16.1. The molecule has 0 spiro atoms. The van der Waals surface area contributed by atoms with E-state index in [0.29, 0.717) is 10.7 Å². The summed E-state index contributed by atoms with van der Waals surface area (Å²) < 4.78 is 0. The molecule has 0 saturated carbocycles. The van der Waals surface area contributed by atoms with Gasteiger partial charge in [-0.15, -0.1) is 0 Å². The zero-order valence-corrected chi connectivity index (χ0v) is 18.2. The van der Waals surface area contributed by atoms with E-state index >= 15 is 0 Å². The Morgan fingerprint density at radius 1 is 0.697 bits per heavy atom. The maximum atomic E-state index is 13.7. The average molecular weight is 455 g/mol. The molecule has 2 saturated heterocycles. The molecule has 0 unspecified atom stereocenters. The highest BCUT2D eigenvalue weighted by molar-refractivity contribution is 6.31. The van der Waals surface area contributed by atoms with Gasteiger partial charge in [-0.25, -0.2) is 9.96 Å². The zero-order valence-electron chi connectivity index (χ0n) is 17.5. The molecule has 0 bridgehead atoms. The van der Waals surface area contributed by atoms with E-state index in [1.165, 1.54) is 4.90 Å². The van der Waals surface area contributed by atoms with E-state index in [1.54, 1.807) is 29.3 Å². The second-order valence-electron chi connectivity index (χ2n) is 8.21. The topological polar surface area (TPSA) is 49.9 Å². The summed E-state index contributed by atoms with van der Waals surface area (Å²) in [5.74, 6) is -1.32. The fraction of sp³-hybridized carbons (Fsp3) is 0.111. The first-order valence-corrected chi connectivity index (χ1v) is 11.1. The Labute approximate surface area is 195 Å². The predicted molar refractivity (Wildman–Crippen MR) is 128 cm³/mol. The van der Waals surface area contributed by atoms with Crippen LogP contribution < -0.4 is 9.96 Å². The van der Waals surface area contributed by atoms with Crippen molar-refractivity contribution < 1.29 is 14.4 Å². The zero-order chi connectivity index (χ0) is 22.5. The molecule has 2 amide bonds. The van der Waals surface area contributed by atoms with E-state index in [0.717, 1.165) is 22.0 Å². The number of carbonyl (C=O) groups is 2. The van der Waals surface area contributed by atoms with Crippen molar-refractivity contribution in [3.8, 4) is 0 Å². The van der Waals surface area contributed by atoms with Crippen molar-refractivity contribution in [2.24, 2.45) is 5.92 Å². The van der Waals surface area contributed by atoms with Gasteiger partial charge in [0.25, 0.3) is 5.91 Å². The van der Waals surface area contributed by atoms with E-state index in [4.69, 9.17) is 16.4 Å². The SMILES string of the molecule is O=C1[C@@H]2[C@H](ON(c3ccccc3)[C@H]2c2cccc3ccccc23)C(=O)N1c1ccc(Cl)cc1. The molecule has 33 heavy (non-hydrogen) atoms. The van der Waals surface area contributed by atoms with Crippen molar-refractivity contribution in [3.05, 3.63) is 108 Å². The molecule has 0 aromatic heterocycles. The standard InChI is InChI=1S/C27H19ClN2O3/c28-18-13-15-19(16-14-18)29-26(31)23-24(22-12-6-8-17-7-4-5-11-21(17)22)30(33-25(23)27(29)32)20-9-2-1-3-10-20/h1-16,23-25H/t23-,24-,25-/m0/s1. The first-order valence-electron chi connectivity index (χ1n) is 10.8. The van der Waals surface area contributed by atoms with Crippen molar-refractivity contribution in [1.82, 2.24) is 0 Å². The molecule has 5 nitrogen and oxygen atoms in total. The van der Waals surface area contributed by atoms with Crippen LogP contribution in [0, 0.1) is 5.92 Å². The molecule has 0 radical (unpaired) electrons. The third-order valence-corrected chi connectivity index (χ3v) is 6.60. The fourth-order valence-electron chi connectivity index (χ4n) is 4.88. The molecule has 6 heteroatoms. The lowest BCUT2D eigenvalue weighted by Gasteiger charge is -2.29. The van der Waals surface area contributed by atoms with Crippen LogP contribution in [0.4, 0.5) is 11.4 Å². The molecule has 0 aliphatic carbocycles. The van der Waals surface area contributed by atoms with Gasteiger partial charge in [-0.05, 0) is 52.7 Å². The summed E-state index contributed by atoms with van der Waals surface area (Å²) >= 11 is 6.01. The summed E-state index contributed by atoms with van der Waals surface area (Å²) in [5, 5.41) is 4.36. The Kier molecular flexibility index (Phi) is 4.68. The highest BCUT2D eigenvalue weighted by atomic mass is 35.5. The van der Waals surface area contributed by atoms with Crippen molar-refractivity contribution in [2.45, 2.75) is 12.1 Å². The number of hydrogen-bond acceptors (Lipinski definition) is 4. The Balaban J connectivity index is 1.50. The van der Waals surface area contributed by atoms with Crippen LogP contribution in [0.2, 0.25) is 5.02 Å². The molecule has 2 fully saturated rings. The number of para-hydroxylation sites is 1. The van der Waals surface area contributed by atoms with Gasteiger partial charge >= 0.3 is 0 Å². The third-order valence-electron chi connectivity index (χ3n) is 6.35. The van der Waals surface area contributed by atoms with Gasteiger partial charge in [0, 0.05) is 5.02 Å². The first kappa shape index (κ1) is 20.0. The highest BCUT2D eigenvalue weighted by Crippen LogP contribution is 2.48. The van der Waals surface area contributed by atoms with Crippen LogP contribution in [0.15, 0.2) is 97.1 Å². The van der Waals surface area contributed by atoms with E-state index in [-0.39, 0.29) is 11.8 Å². The van der Waals surface area contributed by atoms with Gasteiger partial charge in [0.15, 0.2) is 6.10 Å². The summed E-state index contributed by atoms with van der Waals surface area (Å²) in [6.07, 6.45) is -0.905. The molecule has 6 rings (SSSR count). The number of imide groups is 1. The molecule has 162 valence electrons. The van der Waals surface area contributed by atoms with Crippen LogP contribution in [0.5, 0.6) is 0 Å². The number of hydroxylamine groups is 1. The molecule has 2 aliphatic heterocycles. The number of rotatable bonds is 3. The van der Waals surface area contributed by atoms with Gasteiger partial charge in [0.1, 0.15) is 5.92 Å². The van der Waals surface area contributed by atoms with Crippen LogP contribution in [0.3, 0.4) is 0 Å². The lowest BCUT2D eigenvalue weighted by atomic mass is 9.87. The minimum Gasteiger partial charge on any atom is -0.273 e. The van der Waals surface area contributed by atoms with Gasteiger partial charge < -0.3 is 0 Å². The summed E-state index contributed by atoms with van der Waals surface area (Å²) in [6, 6.07) is 29.9.